The van der Waals surface area contributed by atoms with E-state index < -0.39 is 0 Å². The molecule has 3 rings (SSSR count). The highest BCUT2D eigenvalue weighted by Crippen LogP contribution is 2.38. The standard InChI is InChI=1S/C20H27N5O4S2/c1-4-25-11-13(16(24-25)17(26)21-9-10-28-2)22-20(30)23-18-15(19(27)29-3)12-7-5-6-8-14(12)31-18/h11H,4-10H2,1-3H3,(H,21,26)(H2,22,23,30). The average molecular weight is 466 g/mol. The van der Waals surface area contributed by atoms with Crippen molar-refractivity contribution in [1.82, 2.24) is 15.1 Å². The quantitative estimate of drug-likeness (QED) is 0.310. The number of aromatic nitrogens is 2. The molecule has 3 N–H and O–H groups in total. The lowest BCUT2D eigenvalue weighted by Crippen LogP contribution is -2.29. The molecule has 1 amide bonds. The van der Waals surface area contributed by atoms with Crippen LogP contribution in [-0.4, -0.2) is 54.1 Å². The van der Waals surface area contributed by atoms with Gasteiger partial charge in [-0.3, -0.25) is 9.48 Å². The number of rotatable bonds is 8. The Kier molecular flexibility index (Phi) is 7.99. The summed E-state index contributed by atoms with van der Waals surface area (Å²) in [6, 6.07) is 0. The summed E-state index contributed by atoms with van der Waals surface area (Å²) in [6.45, 7) is 3.31. The number of hydrogen-bond donors (Lipinski definition) is 3. The molecule has 0 saturated carbocycles. The Morgan fingerprint density at radius 1 is 1.26 bits per heavy atom. The molecule has 1 aliphatic rings. The van der Waals surface area contributed by atoms with E-state index in [0.717, 1.165) is 31.2 Å². The molecule has 168 valence electrons. The van der Waals surface area contributed by atoms with E-state index in [1.165, 1.54) is 23.3 Å². The summed E-state index contributed by atoms with van der Waals surface area (Å²) in [4.78, 5) is 26.1. The summed E-state index contributed by atoms with van der Waals surface area (Å²) in [7, 11) is 2.95. The molecule has 0 spiro atoms. The number of esters is 1. The van der Waals surface area contributed by atoms with Crippen LogP contribution < -0.4 is 16.0 Å². The number of carbonyl (C=O) groups excluding carboxylic acids is 2. The fraction of sp³-hybridized carbons (Fsp3) is 0.500. The van der Waals surface area contributed by atoms with Gasteiger partial charge in [-0.15, -0.1) is 11.3 Å². The minimum absolute atomic E-state index is 0.237. The summed E-state index contributed by atoms with van der Waals surface area (Å²) in [5, 5.41) is 14.2. The molecule has 2 aromatic heterocycles. The SMILES string of the molecule is CCn1cc(NC(=S)Nc2sc3c(c2C(=O)OC)CCCC3)c(C(=O)NCCOC)n1. The lowest BCUT2D eigenvalue weighted by atomic mass is 9.95. The van der Waals surface area contributed by atoms with Gasteiger partial charge in [0.25, 0.3) is 5.91 Å². The number of ether oxygens (including phenoxy) is 2. The first-order chi connectivity index (χ1) is 15.0. The summed E-state index contributed by atoms with van der Waals surface area (Å²) in [5.41, 5.74) is 2.31. The van der Waals surface area contributed by atoms with Crippen molar-refractivity contribution in [2.24, 2.45) is 0 Å². The number of fused-ring (bicyclic) bond motifs is 1. The van der Waals surface area contributed by atoms with E-state index in [2.05, 4.69) is 21.0 Å². The molecule has 0 unspecified atom stereocenters. The molecular weight excluding hydrogens is 438 g/mol. The van der Waals surface area contributed by atoms with Crippen LogP contribution in [0.5, 0.6) is 0 Å². The predicted octanol–water partition coefficient (Wildman–Crippen LogP) is 2.82. The number of thiophene rings is 1. The van der Waals surface area contributed by atoms with E-state index in [9.17, 15) is 9.59 Å². The molecule has 11 heteroatoms. The number of anilines is 2. The topological polar surface area (TPSA) is 107 Å². The van der Waals surface area contributed by atoms with Crippen LogP contribution in [0.1, 0.15) is 51.1 Å². The number of amides is 1. The molecular formula is C20H27N5O4S2. The minimum atomic E-state index is -0.373. The molecule has 9 nitrogen and oxygen atoms in total. The van der Waals surface area contributed by atoms with Gasteiger partial charge in [-0.05, 0) is 50.4 Å². The van der Waals surface area contributed by atoms with Crippen molar-refractivity contribution < 1.29 is 19.1 Å². The van der Waals surface area contributed by atoms with Crippen LogP contribution in [0.2, 0.25) is 0 Å². The van der Waals surface area contributed by atoms with Gasteiger partial charge < -0.3 is 25.4 Å². The molecule has 0 atom stereocenters. The van der Waals surface area contributed by atoms with E-state index in [4.69, 9.17) is 21.7 Å². The Morgan fingerprint density at radius 3 is 2.74 bits per heavy atom. The van der Waals surface area contributed by atoms with Gasteiger partial charge in [0.1, 0.15) is 5.00 Å². The van der Waals surface area contributed by atoms with Gasteiger partial charge in [0.2, 0.25) is 0 Å². The number of thiocarbonyl (C=S) groups is 1. The number of carbonyl (C=O) groups is 2. The minimum Gasteiger partial charge on any atom is -0.465 e. The third kappa shape index (κ3) is 5.41. The van der Waals surface area contributed by atoms with Gasteiger partial charge in [-0.25, -0.2) is 4.79 Å². The lowest BCUT2D eigenvalue weighted by Gasteiger charge is -2.12. The molecule has 1 aliphatic carbocycles. The monoisotopic (exact) mass is 465 g/mol. The van der Waals surface area contributed by atoms with Crippen molar-refractivity contribution in [3.05, 3.63) is 27.9 Å². The smallest absolute Gasteiger partial charge is 0.341 e. The molecule has 0 aliphatic heterocycles. The molecule has 0 aromatic carbocycles. The average Bonchev–Trinajstić information content (AvgIpc) is 3.34. The second-order valence-corrected chi connectivity index (χ2v) is 8.49. The number of nitrogens with one attached hydrogen (secondary N) is 3. The molecule has 0 radical (unpaired) electrons. The van der Waals surface area contributed by atoms with Crippen LogP contribution in [0.15, 0.2) is 6.20 Å². The number of hydrogen-bond acceptors (Lipinski definition) is 7. The van der Waals surface area contributed by atoms with Crippen LogP contribution in [0, 0.1) is 0 Å². The highest BCUT2D eigenvalue weighted by atomic mass is 32.1. The normalized spacial score (nSPS) is 12.7. The van der Waals surface area contributed by atoms with Crippen molar-refractivity contribution >= 4 is 51.2 Å². The Balaban J connectivity index is 1.78. The van der Waals surface area contributed by atoms with E-state index >= 15 is 0 Å². The number of nitrogens with zero attached hydrogens (tertiary/aromatic N) is 2. The summed E-state index contributed by atoms with van der Waals surface area (Å²) < 4.78 is 11.6. The number of aryl methyl sites for hydroxylation is 2. The van der Waals surface area contributed by atoms with Crippen molar-refractivity contribution in [1.29, 1.82) is 0 Å². The van der Waals surface area contributed by atoms with Crippen molar-refractivity contribution in [2.45, 2.75) is 39.2 Å². The van der Waals surface area contributed by atoms with Crippen LogP contribution in [0.4, 0.5) is 10.7 Å². The second kappa shape index (κ2) is 10.7. The van der Waals surface area contributed by atoms with E-state index in [-0.39, 0.29) is 22.7 Å². The predicted molar refractivity (Wildman–Crippen MR) is 124 cm³/mol. The zero-order valence-corrected chi connectivity index (χ0v) is 19.5. The van der Waals surface area contributed by atoms with Gasteiger partial charge in [0.15, 0.2) is 10.8 Å². The van der Waals surface area contributed by atoms with Crippen molar-refractivity contribution in [2.75, 3.05) is 38.0 Å². The van der Waals surface area contributed by atoms with Gasteiger partial charge in [0, 0.05) is 31.3 Å². The van der Waals surface area contributed by atoms with Crippen LogP contribution in [-0.2, 0) is 28.9 Å². The second-order valence-electron chi connectivity index (χ2n) is 6.98. The molecule has 2 heterocycles. The third-order valence-electron chi connectivity index (χ3n) is 4.93. The van der Waals surface area contributed by atoms with Gasteiger partial charge in [0.05, 0.1) is 25.0 Å². The zero-order chi connectivity index (χ0) is 22.4. The molecule has 0 saturated heterocycles. The molecule has 0 fully saturated rings. The largest absolute Gasteiger partial charge is 0.465 e. The maximum atomic E-state index is 12.5. The van der Waals surface area contributed by atoms with Crippen molar-refractivity contribution in [3.63, 3.8) is 0 Å². The van der Waals surface area contributed by atoms with Crippen LogP contribution in [0.25, 0.3) is 0 Å². The van der Waals surface area contributed by atoms with Crippen molar-refractivity contribution in [3.8, 4) is 0 Å². The van der Waals surface area contributed by atoms with Crippen LogP contribution in [0.3, 0.4) is 0 Å². The van der Waals surface area contributed by atoms with E-state index in [0.29, 0.717) is 35.9 Å². The van der Waals surface area contributed by atoms with E-state index in [1.807, 2.05) is 6.92 Å². The zero-order valence-electron chi connectivity index (χ0n) is 17.9. The molecule has 0 bridgehead atoms. The Bertz CT molecular complexity index is 969. The highest BCUT2D eigenvalue weighted by Gasteiger charge is 2.27. The van der Waals surface area contributed by atoms with Gasteiger partial charge in [-0.1, -0.05) is 0 Å². The lowest BCUT2D eigenvalue weighted by molar-refractivity contribution is 0.0600. The fourth-order valence-corrected chi connectivity index (χ4v) is 4.98. The van der Waals surface area contributed by atoms with Gasteiger partial charge in [-0.2, -0.15) is 5.10 Å². The fourth-order valence-electron chi connectivity index (χ4n) is 3.42. The first-order valence-corrected chi connectivity index (χ1v) is 11.4. The maximum Gasteiger partial charge on any atom is 0.341 e. The Labute approximate surface area is 190 Å². The maximum absolute atomic E-state index is 12.5. The van der Waals surface area contributed by atoms with Gasteiger partial charge >= 0.3 is 5.97 Å². The number of methoxy groups -OCH3 is 2. The Morgan fingerprint density at radius 2 is 2.03 bits per heavy atom. The summed E-state index contributed by atoms with van der Waals surface area (Å²) >= 11 is 7.01. The summed E-state index contributed by atoms with van der Waals surface area (Å²) in [5.74, 6) is -0.696. The third-order valence-corrected chi connectivity index (χ3v) is 6.34. The Hall–Kier alpha value is -2.50. The van der Waals surface area contributed by atoms with E-state index in [1.54, 1.807) is 18.0 Å². The highest BCUT2D eigenvalue weighted by molar-refractivity contribution is 7.80. The summed E-state index contributed by atoms with van der Waals surface area (Å²) in [6.07, 6.45) is 5.68. The first-order valence-electron chi connectivity index (χ1n) is 10.1. The molecule has 2 aromatic rings. The molecule has 31 heavy (non-hydrogen) atoms. The first kappa shape index (κ1) is 23.2. The van der Waals surface area contributed by atoms with Crippen LogP contribution >= 0.6 is 23.6 Å².